The molecule has 0 spiro atoms. The molecule has 1 unspecified atom stereocenters. The molecule has 5 nitrogen and oxygen atoms in total. The Labute approximate surface area is 140 Å². The van der Waals surface area contributed by atoms with Gasteiger partial charge in [0, 0.05) is 13.1 Å². The molecule has 0 saturated carbocycles. The van der Waals surface area contributed by atoms with Crippen molar-refractivity contribution in [2.24, 2.45) is 5.41 Å². The fraction of sp³-hybridized carbons (Fsp3) is 0.400. The summed E-state index contributed by atoms with van der Waals surface area (Å²) in [6.07, 6.45) is -4.90. The van der Waals surface area contributed by atoms with Crippen LogP contribution >= 0.6 is 11.3 Å². The van der Waals surface area contributed by atoms with Gasteiger partial charge in [0.15, 0.2) is 5.41 Å². The molecule has 0 radical (unpaired) electrons. The van der Waals surface area contributed by atoms with Crippen molar-refractivity contribution in [3.8, 4) is 0 Å². The first-order chi connectivity index (χ1) is 11.4. The highest BCUT2D eigenvalue weighted by molar-refractivity contribution is 7.13. The van der Waals surface area contributed by atoms with Gasteiger partial charge in [0.1, 0.15) is 5.51 Å². The van der Waals surface area contributed by atoms with E-state index in [1.165, 1.54) is 5.51 Å². The summed E-state index contributed by atoms with van der Waals surface area (Å²) in [5.74, 6) is -1.07. The average molecular weight is 356 g/mol. The molecule has 0 bridgehead atoms. The summed E-state index contributed by atoms with van der Waals surface area (Å²) in [6.45, 7) is 0.221. The molecule has 2 heterocycles. The van der Waals surface area contributed by atoms with Crippen LogP contribution in [0.5, 0.6) is 0 Å². The summed E-state index contributed by atoms with van der Waals surface area (Å²) in [7, 11) is 0. The van der Waals surface area contributed by atoms with Gasteiger partial charge < -0.3 is 0 Å². The monoisotopic (exact) mass is 356 g/mol. The van der Waals surface area contributed by atoms with Crippen molar-refractivity contribution in [2.45, 2.75) is 19.1 Å². The van der Waals surface area contributed by atoms with Crippen molar-refractivity contribution in [1.82, 2.24) is 15.1 Å². The molecular weight excluding hydrogens is 341 g/mol. The Hall–Kier alpha value is -2.00. The minimum atomic E-state index is -4.63. The van der Waals surface area contributed by atoms with Crippen LogP contribution in [-0.2, 0) is 11.3 Å². The van der Waals surface area contributed by atoms with Crippen LogP contribution in [0.4, 0.5) is 18.3 Å². The normalized spacial score (nSPS) is 21.8. The zero-order valence-corrected chi connectivity index (χ0v) is 13.4. The number of carbonyl (C=O) groups is 1. The van der Waals surface area contributed by atoms with Gasteiger partial charge in [-0.05, 0) is 18.5 Å². The molecule has 128 valence electrons. The molecule has 2 aromatic rings. The Morgan fingerprint density at radius 1 is 1.33 bits per heavy atom. The quantitative estimate of drug-likeness (QED) is 0.915. The number of hydrogen-bond donors (Lipinski definition) is 1. The van der Waals surface area contributed by atoms with Crippen LogP contribution in [0.25, 0.3) is 0 Å². The number of carbonyl (C=O) groups excluding carboxylic acids is 1. The molecule has 1 aromatic heterocycles. The van der Waals surface area contributed by atoms with Gasteiger partial charge in [0.2, 0.25) is 11.0 Å². The van der Waals surface area contributed by atoms with Gasteiger partial charge in [-0.3, -0.25) is 15.0 Å². The molecule has 1 N–H and O–H groups in total. The van der Waals surface area contributed by atoms with E-state index < -0.39 is 17.5 Å². The Morgan fingerprint density at radius 3 is 2.71 bits per heavy atom. The number of hydrogen-bond acceptors (Lipinski definition) is 5. The second-order valence-electron chi connectivity index (χ2n) is 5.72. The number of likely N-dealkylation sites (tertiary alicyclic amines) is 1. The van der Waals surface area contributed by atoms with Crippen molar-refractivity contribution in [1.29, 1.82) is 0 Å². The van der Waals surface area contributed by atoms with E-state index in [2.05, 4.69) is 15.5 Å². The number of anilines is 1. The van der Waals surface area contributed by atoms with Crippen molar-refractivity contribution >= 4 is 22.4 Å². The number of benzene rings is 1. The molecule has 1 aromatic carbocycles. The highest BCUT2D eigenvalue weighted by atomic mass is 32.1. The molecular formula is C15H15F3N4OS. The van der Waals surface area contributed by atoms with Gasteiger partial charge in [-0.25, -0.2) is 0 Å². The molecule has 0 aliphatic carbocycles. The Bertz CT molecular complexity index is 692. The summed E-state index contributed by atoms with van der Waals surface area (Å²) in [5.41, 5.74) is -0.153. The zero-order valence-electron chi connectivity index (χ0n) is 12.6. The van der Waals surface area contributed by atoms with Crippen LogP contribution in [0.2, 0.25) is 0 Å². The maximum Gasteiger partial charge on any atom is 0.404 e. The predicted molar refractivity (Wildman–Crippen MR) is 83.4 cm³/mol. The molecule has 1 aliphatic rings. The smallest absolute Gasteiger partial charge is 0.300 e. The van der Waals surface area contributed by atoms with E-state index in [-0.39, 0.29) is 24.6 Å². The summed E-state index contributed by atoms with van der Waals surface area (Å²) < 4.78 is 41.1. The van der Waals surface area contributed by atoms with Crippen LogP contribution in [0, 0.1) is 5.41 Å². The summed E-state index contributed by atoms with van der Waals surface area (Å²) >= 11 is 0.988. The summed E-state index contributed by atoms with van der Waals surface area (Å²) in [6, 6.07) is 9.24. The Kier molecular flexibility index (Phi) is 4.55. The first kappa shape index (κ1) is 16.8. The van der Waals surface area contributed by atoms with E-state index in [4.69, 9.17) is 0 Å². The highest BCUT2D eigenvalue weighted by Gasteiger charge is 2.63. The molecule has 3 rings (SSSR count). The van der Waals surface area contributed by atoms with Gasteiger partial charge >= 0.3 is 6.18 Å². The lowest BCUT2D eigenvalue weighted by Gasteiger charge is -2.30. The number of aromatic nitrogens is 2. The molecule has 1 fully saturated rings. The standard InChI is InChI=1S/C15H15F3N4OS/c16-15(17,18)14(12(23)20-13-21-19-10-24-13)6-7-22(9-14)8-11-4-2-1-3-5-11/h1-5,10H,6-9H2,(H,20,21,23). The molecule has 1 atom stereocenters. The first-order valence-electron chi connectivity index (χ1n) is 7.31. The van der Waals surface area contributed by atoms with Gasteiger partial charge in [-0.2, -0.15) is 13.2 Å². The van der Waals surface area contributed by atoms with Gasteiger partial charge in [-0.15, -0.1) is 10.2 Å². The zero-order chi connectivity index (χ0) is 17.2. The third kappa shape index (κ3) is 3.27. The van der Waals surface area contributed by atoms with Crippen LogP contribution in [0.1, 0.15) is 12.0 Å². The fourth-order valence-electron chi connectivity index (χ4n) is 2.86. The van der Waals surface area contributed by atoms with Crippen molar-refractivity contribution in [3.63, 3.8) is 0 Å². The molecule has 24 heavy (non-hydrogen) atoms. The van der Waals surface area contributed by atoms with Crippen molar-refractivity contribution in [3.05, 3.63) is 41.4 Å². The maximum absolute atomic E-state index is 13.7. The predicted octanol–water partition coefficient (Wildman–Crippen LogP) is 2.93. The largest absolute Gasteiger partial charge is 0.404 e. The molecule has 1 aliphatic heterocycles. The van der Waals surface area contributed by atoms with E-state index in [0.29, 0.717) is 6.54 Å². The number of nitrogens with one attached hydrogen (secondary N) is 1. The molecule has 9 heteroatoms. The molecule has 1 amide bonds. The Morgan fingerprint density at radius 2 is 2.08 bits per heavy atom. The maximum atomic E-state index is 13.7. The van der Waals surface area contributed by atoms with Gasteiger partial charge in [0.05, 0.1) is 0 Å². The van der Waals surface area contributed by atoms with Crippen LogP contribution in [-0.4, -0.2) is 40.3 Å². The average Bonchev–Trinajstić information content (AvgIpc) is 3.18. The number of amides is 1. The van der Waals surface area contributed by atoms with Crippen LogP contribution < -0.4 is 5.32 Å². The number of rotatable bonds is 4. The van der Waals surface area contributed by atoms with Crippen LogP contribution in [0.15, 0.2) is 35.8 Å². The lowest BCUT2D eigenvalue weighted by molar-refractivity contribution is -0.215. The lowest BCUT2D eigenvalue weighted by atomic mass is 9.85. The Balaban J connectivity index is 1.77. The second-order valence-corrected chi connectivity index (χ2v) is 6.56. The third-order valence-corrected chi connectivity index (χ3v) is 4.76. The van der Waals surface area contributed by atoms with E-state index >= 15 is 0 Å². The lowest BCUT2D eigenvalue weighted by Crippen LogP contribution is -2.49. The topological polar surface area (TPSA) is 58.1 Å². The van der Waals surface area contributed by atoms with E-state index in [9.17, 15) is 18.0 Å². The summed E-state index contributed by atoms with van der Waals surface area (Å²) in [5, 5.41) is 9.43. The highest BCUT2D eigenvalue weighted by Crippen LogP contribution is 2.46. The van der Waals surface area contributed by atoms with E-state index in [1.54, 1.807) is 4.90 Å². The van der Waals surface area contributed by atoms with Gasteiger partial charge in [0.25, 0.3) is 0 Å². The SMILES string of the molecule is O=C(Nc1nncs1)C1(C(F)(F)F)CCN(Cc2ccccc2)C1. The number of halogens is 3. The van der Waals surface area contributed by atoms with Crippen molar-refractivity contribution in [2.75, 3.05) is 18.4 Å². The fourth-order valence-corrected chi connectivity index (χ4v) is 3.30. The van der Waals surface area contributed by atoms with Crippen LogP contribution in [0.3, 0.4) is 0 Å². The number of nitrogens with zero attached hydrogens (tertiary/aromatic N) is 3. The summed E-state index contributed by atoms with van der Waals surface area (Å²) in [4.78, 5) is 14.0. The molecule has 1 saturated heterocycles. The first-order valence-corrected chi connectivity index (χ1v) is 8.19. The number of alkyl halides is 3. The van der Waals surface area contributed by atoms with Gasteiger partial charge in [-0.1, -0.05) is 41.7 Å². The van der Waals surface area contributed by atoms with E-state index in [0.717, 1.165) is 16.9 Å². The second kappa shape index (κ2) is 6.48. The minimum absolute atomic E-state index is 0.0742. The van der Waals surface area contributed by atoms with Crippen molar-refractivity contribution < 1.29 is 18.0 Å². The third-order valence-electron chi connectivity index (χ3n) is 4.16. The minimum Gasteiger partial charge on any atom is -0.300 e. The van der Waals surface area contributed by atoms with E-state index in [1.807, 2.05) is 30.3 Å².